The zero-order valence-electron chi connectivity index (χ0n) is 14.5. The second kappa shape index (κ2) is 7.86. The molecule has 1 atom stereocenters. The summed E-state index contributed by atoms with van der Waals surface area (Å²) in [5.41, 5.74) is 1.52. The van der Waals surface area contributed by atoms with Crippen LogP contribution in [0.1, 0.15) is 19.3 Å². The number of halogens is 1. The van der Waals surface area contributed by atoms with E-state index < -0.39 is 5.25 Å². The van der Waals surface area contributed by atoms with Crippen LogP contribution in [-0.2, 0) is 9.59 Å². The van der Waals surface area contributed by atoms with Crippen LogP contribution < -0.4 is 5.32 Å². The molecule has 5 nitrogen and oxygen atoms in total. The molecule has 1 saturated heterocycles. The predicted molar refractivity (Wildman–Crippen MR) is 112 cm³/mol. The molecule has 0 spiro atoms. The standard InChI is InChI=1S/C20H18BrN3O2S/c21-15-8-4-5-9-16(15)23-18(25)12-17-19(26)24(14-10-11-14)20(27-17)22-13-6-2-1-3-7-13/h1-9,14,17H,10-12H2,(H,23,25)/t17-/m0/s1. The number of nitrogens with one attached hydrogen (secondary N) is 1. The average molecular weight is 444 g/mol. The van der Waals surface area contributed by atoms with Gasteiger partial charge < -0.3 is 5.32 Å². The summed E-state index contributed by atoms with van der Waals surface area (Å²) in [7, 11) is 0. The minimum atomic E-state index is -0.435. The number of thioether (sulfide) groups is 1. The lowest BCUT2D eigenvalue weighted by Crippen LogP contribution is -2.35. The molecular formula is C20H18BrN3O2S. The highest BCUT2D eigenvalue weighted by Gasteiger charge is 2.46. The quantitative estimate of drug-likeness (QED) is 0.735. The Kier molecular flexibility index (Phi) is 5.31. The molecule has 1 aliphatic heterocycles. The molecule has 1 aliphatic carbocycles. The molecule has 27 heavy (non-hydrogen) atoms. The molecule has 0 radical (unpaired) electrons. The summed E-state index contributed by atoms with van der Waals surface area (Å²) >= 11 is 4.81. The summed E-state index contributed by atoms with van der Waals surface area (Å²) < 4.78 is 0.815. The van der Waals surface area contributed by atoms with Crippen molar-refractivity contribution in [3.05, 3.63) is 59.1 Å². The van der Waals surface area contributed by atoms with E-state index in [1.165, 1.54) is 11.8 Å². The van der Waals surface area contributed by atoms with Gasteiger partial charge in [0, 0.05) is 16.9 Å². The Morgan fingerprint density at radius 2 is 1.85 bits per heavy atom. The SMILES string of the molecule is O=C(C[C@@H]1SC(=Nc2ccccc2)N(C2CC2)C1=O)Nc1ccccc1Br. The summed E-state index contributed by atoms with van der Waals surface area (Å²) in [5, 5.41) is 3.14. The van der Waals surface area contributed by atoms with Crippen LogP contribution in [0.25, 0.3) is 0 Å². The minimum Gasteiger partial charge on any atom is -0.325 e. The molecular weight excluding hydrogens is 426 g/mol. The molecule has 1 N–H and O–H groups in total. The van der Waals surface area contributed by atoms with Gasteiger partial charge in [0.1, 0.15) is 5.25 Å². The largest absolute Gasteiger partial charge is 0.325 e. The first-order valence-electron chi connectivity index (χ1n) is 8.79. The number of aliphatic imine (C=N–C) groups is 1. The number of amidine groups is 1. The van der Waals surface area contributed by atoms with Crippen LogP contribution in [0.4, 0.5) is 11.4 Å². The smallest absolute Gasteiger partial charge is 0.242 e. The van der Waals surface area contributed by atoms with Crippen LogP contribution >= 0.6 is 27.7 Å². The Labute approximate surface area is 170 Å². The number of hydrogen-bond donors (Lipinski definition) is 1. The van der Waals surface area contributed by atoms with Crippen LogP contribution in [0.3, 0.4) is 0 Å². The molecule has 138 valence electrons. The number of hydrogen-bond acceptors (Lipinski definition) is 4. The second-order valence-electron chi connectivity index (χ2n) is 6.51. The molecule has 1 heterocycles. The Balaban J connectivity index is 1.49. The van der Waals surface area contributed by atoms with E-state index >= 15 is 0 Å². The van der Waals surface area contributed by atoms with Crippen molar-refractivity contribution in [1.82, 2.24) is 4.90 Å². The fraction of sp³-hybridized carbons (Fsp3) is 0.250. The van der Waals surface area contributed by atoms with Crippen molar-refractivity contribution >= 4 is 56.0 Å². The molecule has 0 bridgehead atoms. The Morgan fingerprint density at radius 1 is 1.15 bits per heavy atom. The van der Waals surface area contributed by atoms with Gasteiger partial charge in [-0.3, -0.25) is 14.5 Å². The van der Waals surface area contributed by atoms with E-state index in [4.69, 9.17) is 0 Å². The number of rotatable bonds is 5. The van der Waals surface area contributed by atoms with Crippen molar-refractivity contribution in [2.24, 2.45) is 4.99 Å². The molecule has 2 fully saturated rings. The molecule has 2 aromatic carbocycles. The third kappa shape index (κ3) is 4.25. The number of nitrogens with zero attached hydrogens (tertiary/aromatic N) is 2. The molecule has 0 unspecified atom stereocenters. The second-order valence-corrected chi connectivity index (χ2v) is 8.53. The average Bonchev–Trinajstić information content (AvgIpc) is 3.44. The summed E-state index contributed by atoms with van der Waals surface area (Å²) in [5.74, 6) is -0.191. The zero-order valence-corrected chi connectivity index (χ0v) is 16.9. The maximum absolute atomic E-state index is 12.9. The molecule has 1 saturated carbocycles. The van der Waals surface area contributed by atoms with Crippen molar-refractivity contribution in [2.45, 2.75) is 30.6 Å². The third-order valence-electron chi connectivity index (χ3n) is 4.38. The summed E-state index contributed by atoms with van der Waals surface area (Å²) in [4.78, 5) is 31.8. The minimum absolute atomic E-state index is 0.0144. The normalized spacial score (nSPS) is 20.9. The first kappa shape index (κ1) is 18.3. The van der Waals surface area contributed by atoms with E-state index in [1.54, 1.807) is 4.90 Å². The molecule has 2 amide bonds. The molecule has 4 rings (SSSR count). The summed E-state index contributed by atoms with van der Waals surface area (Å²) in [6, 6.07) is 17.3. The van der Waals surface area contributed by atoms with Gasteiger partial charge in [-0.2, -0.15) is 0 Å². The van der Waals surface area contributed by atoms with E-state index in [2.05, 4.69) is 26.2 Å². The Bertz CT molecular complexity index is 899. The predicted octanol–water partition coefficient (Wildman–Crippen LogP) is 4.57. The molecule has 2 aromatic rings. The van der Waals surface area contributed by atoms with Gasteiger partial charge in [-0.05, 0) is 53.0 Å². The van der Waals surface area contributed by atoms with Crippen LogP contribution in [0.5, 0.6) is 0 Å². The fourth-order valence-corrected chi connectivity index (χ4v) is 4.51. The van der Waals surface area contributed by atoms with Gasteiger partial charge >= 0.3 is 0 Å². The van der Waals surface area contributed by atoms with Crippen molar-refractivity contribution in [1.29, 1.82) is 0 Å². The molecule has 2 aliphatic rings. The number of para-hydroxylation sites is 2. The van der Waals surface area contributed by atoms with Crippen LogP contribution in [-0.4, -0.2) is 33.2 Å². The van der Waals surface area contributed by atoms with Gasteiger partial charge in [0.2, 0.25) is 11.8 Å². The van der Waals surface area contributed by atoms with Crippen LogP contribution in [0.15, 0.2) is 64.1 Å². The number of carbonyl (C=O) groups is 2. The highest BCUT2D eigenvalue weighted by Crippen LogP contribution is 2.39. The molecule has 7 heteroatoms. The number of anilines is 1. The van der Waals surface area contributed by atoms with E-state index in [1.807, 2.05) is 54.6 Å². The lowest BCUT2D eigenvalue weighted by atomic mass is 10.2. The van der Waals surface area contributed by atoms with Crippen LogP contribution in [0, 0.1) is 0 Å². The van der Waals surface area contributed by atoms with Crippen LogP contribution in [0.2, 0.25) is 0 Å². The van der Waals surface area contributed by atoms with E-state index in [0.29, 0.717) is 10.9 Å². The lowest BCUT2D eigenvalue weighted by molar-refractivity contribution is -0.128. The van der Waals surface area contributed by atoms with Gasteiger partial charge in [0.15, 0.2) is 5.17 Å². The van der Waals surface area contributed by atoms with Crippen molar-refractivity contribution in [3.63, 3.8) is 0 Å². The topological polar surface area (TPSA) is 61.8 Å². The van der Waals surface area contributed by atoms with Gasteiger partial charge in [-0.1, -0.05) is 42.1 Å². The van der Waals surface area contributed by atoms with Crippen molar-refractivity contribution in [3.8, 4) is 0 Å². The lowest BCUT2D eigenvalue weighted by Gasteiger charge is -2.15. The van der Waals surface area contributed by atoms with Gasteiger partial charge in [-0.15, -0.1) is 0 Å². The third-order valence-corrected chi connectivity index (χ3v) is 6.22. The first-order chi connectivity index (χ1) is 13.1. The summed E-state index contributed by atoms with van der Waals surface area (Å²) in [6.07, 6.45) is 2.12. The number of carbonyl (C=O) groups excluding carboxylic acids is 2. The van der Waals surface area contributed by atoms with Gasteiger partial charge in [-0.25, -0.2) is 4.99 Å². The van der Waals surface area contributed by atoms with Crippen molar-refractivity contribution < 1.29 is 9.59 Å². The highest BCUT2D eigenvalue weighted by atomic mass is 79.9. The van der Waals surface area contributed by atoms with Gasteiger partial charge in [0.25, 0.3) is 0 Å². The Hall–Kier alpha value is -2.12. The van der Waals surface area contributed by atoms with Gasteiger partial charge in [0.05, 0.1) is 11.4 Å². The fourth-order valence-electron chi connectivity index (χ4n) is 2.91. The number of amides is 2. The van der Waals surface area contributed by atoms with E-state index in [9.17, 15) is 9.59 Å². The highest BCUT2D eigenvalue weighted by molar-refractivity contribution is 9.10. The van der Waals surface area contributed by atoms with Crippen molar-refractivity contribution in [2.75, 3.05) is 5.32 Å². The van der Waals surface area contributed by atoms with E-state index in [0.717, 1.165) is 23.0 Å². The maximum atomic E-state index is 12.9. The number of benzene rings is 2. The summed E-state index contributed by atoms with van der Waals surface area (Å²) in [6.45, 7) is 0. The zero-order chi connectivity index (χ0) is 18.8. The van der Waals surface area contributed by atoms with E-state index in [-0.39, 0.29) is 24.3 Å². The maximum Gasteiger partial charge on any atom is 0.242 e. The molecule has 0 aromatic heterocycles. The Morgan fingerprint density at radius 3 is 2.56 bits per heavy atom. The first-order valence-corrected chi connectivity index (χ1v) is 10.5. The monoisotopic (exact) mass is 443 g/mol.